The molecular weight excluding hydrogens is 344 g/mol. The molecule has 2 aromatic carbocycles. The van der Waals surface area contributed by atoms with Gasteiger partial charge in [0.2, 0.25) is 0 Å². The Labute approximate surface area is 161 Å². The zero-order valence-corrected chi connectivity index (χ0v) is 16.9. The number of rotatable bonds is 8. The highest BCUT2D eigenvalue weighted by atomic mass is 16.7. The lowest BCUT2D eigenvalue weighted by Gasteiger charge is -2.24. The van der Waals surface area contributed by atoms with E-state index < -0.39 is 0 Å². The van der Waals surface area contributed by atoms with Crippen LogP contribution < -0.4 is 14.2 Å². The van der Waals surface area contributed by atoms with Crippen molar-refractivity contribution in [2.24, 2.45) is 10.2 Å². The minimum atomic E-state index is -0.166. The van der Waals surface area contributed by atoms with Gasteiger partial charge in [0, 0.05) is 18.7 Å². The van der Waals surface area contributed by atoms with Gasteiger partial charge in [0.15, 0.2) is 12.5 Å². The third-order valence-electron chi connectivity index (χ3n) is 3.83. The molecule has 0 radical (unpaired) electrons. The van der Waals surface area contributed by atoms with Gasteiger partial charge >= 0.3 is 0 Å². The van der Waals surface area contributed by atoms with Gasteiger partial charge in [-0.15, -0.1) is 5.11 Å². The van der Waals surface area contributed by atoms with Crippen molar-refractivity contribution in [1.29, 1.82) is 0 Å². The first-order valence-electron chi connectivity index (χ1n) is 8.88. The smallest absolute Gasteiger partial charge is 0.188 e. The van der Waals surface area contributed by atoms with Gasteiger partial charge in [0.05, 0.1) is 19.4 Å². The SMILES string of the molecule is CCOc1cc(N=Nc2ccc(OC)cc2)c(OCOC)c(C(C)(C)C)c1. The number of benzene rings is 2. The molecule has 0 heterocycles. The van der Waals surface area contributed by atoms with Gasteiger partial charge in [-0.05, 0) is 42.7 Å². The van der Waals surface area contributed by atoms with E-state index in [-0.39, 0.29) is 12.2 Å². The Hall–Kier alpha value is -2.60. The van der Waals surface area contributed by atoms with Gasteiger partial charge in [-0.2, -0.15) is 5.11 Å². The molecule has 0 aliphatic rings. The summed E-state index contributed by atoms with van der Waals surface area (Å²) < 4.78 is 21.8. The van der Waals surface area contributed by atoms with Crippen molar-refractivity contribution in [3.63, 3.8) is 0 Å². The molecule has 146 valence electrons. The Bertz CT molecular complexity index is 765. The van der Waals surface area contributed by atoms with Crippen LogP contribution in [0, 0.1) is 0 Å². The molecule has 0 N–H and O–H groups in total. The second-order valence-corrected chi connectivity index (χ2v) is 6.95. The summed E-state index contributed by atoms with van der Waals surface area (Å²) in [4.78, 5) is 0. The van der Waals surface area contributed by atoms with Crippen LogP contribution in [0.15, 0.2) is 46.6 Å². The minimum Gasteiger partial charge on any atom is -0.497 e. The standard InChI is InChI=1S/C21H28N2O4/c1-7-26-17-12-18(21(2,3)4)20(27-14-24-5)19(13-17)23-22-15-8-10-16(25-6)11-9-15/h8-13H,7,14H2,1-6H3. The Balaban J connectivity index is 2.49. The normalized spacial score (nSPS) is 11.6. The third-order valence-corrected chi connectivity index (χ3v) is 3.83. The summed E-state index contributed by atoms with van der Waals surface area (Å²) in [5, 5.41) is 8.76. The highest BCUT2D eigenvalue weighted by molar-refractivity contribution is 5.62. The molecule has 0 bridgehead atoms. The van der Waals surface area contributed by atoms with Crippen LogP contribution in [-0.4, -0.2) is 27.6 Å². The van der Waals surface area contributed by atoms with Crippen LogP contribution in [0.25, 0.3) is 0 Å². The van der Waals surface area contributed by atoms with E-state index in [1.165, 1.54) is 0 Å². The molecule has 0 saturated carbocycles. The fourth-order valence-electron chi connectivity index (χ4n) is 2.50. The van der Waals surface area contributed by atoms with E-state index in [0.29, 0.717) is 23.7 Å². The highest BCUT2D eigenvalue weighted by Gasteiger charge is 2.23. The van der Waals surface area contributed by atoms with Crippen molar-refractivity contribution in [3.05, 3.63) is 42.0 Å². The van der Waals surface area contributed by atoms with Crippen molar-refractivity contribution >= 4 is 11.4 Å². The second-order valence-electron chi connectivity index (χ2n) is 6.95. The van der Waals surface area contributed by atoms with Crippen LogP contribution in [0.1, 0.15) is 33.3 Å². The molecule has 0 aromatic heterocycles. The van der Waals surface area contributed by atoms with E-state index in [2.05, 4.69) is 31.0 Å². The Morgan fingerprint density at radius 3 is 2.15 bits per heavy atom. The fourth-order valence-corrected chi connectivity index (χ4v) is 2.50. The van der Waals surface area contributed by atoms with Crippen molar-refractivity contribution in [3.8, 4) is 17.2 Å². The van der Waals surface area contributed by atoms with Gasteiger partial charge in [-0.1, -0.05) is 20.8 Å². The average molecular weight is 372 g/mol. The molecule has 0 aliphatic heterocycles. The van der Waals surface area contributed by atoms with Crippen LogP contribution in [0.3, 0.4) is 0 Å². The van der Waals surface area contributed by atoms with Crippen LogP contribution in [-0.2, 0) is 10.2 Å². The summed E-state index contributed by atoms with van der Waals surface area (Å²) >= 11 is 0. The molecule has 27 heavy (non-hydrogen) atoms. The summed E-state index contributed by atoms with van der Waals surface area (Å²) in [6.07, 6.45) is 0. The molecule has 6 nitrogen and oxygen atoms in total. The van der Waals surface area contributed by atoms with E-state index in [9.17, 15) is 0 Å². The molecule has 0 unspecified atom stereocenters. The average Bonchev–Trinajstić information content (AvgIpc) is 2.65. The largest absolute Gasteiger partial charge is 0.497 e. The minimum absolute atomic E-state index is 0.127. The van der Waals surface area contributed by atoms with Crippen LogP contribution in [0.5, 0.6) is 17.2 Å². The Kier molecular flexibility index (Phi) is 7.19. The van der Waals surface area contributed by atoms with Gasteiger partial charge in [-0.25, -0.2) is 0 Å². The lowest BCUT2D eigenvalue weighted by molar-refractivity contribution is 0.0501. The predicted octanol–water partition coefficient (Wildman–Crippen LogP) is 5.79. The maximum atomic E-state index is 5.85. The van der Waals surface area contributed by atoms with Crippen LogP contribution in [0.2, 0.25) is 0 Å². The van der Waals surface area contributed by atoms with E-state index in [0.717, 1.165) is 17.1 Å². The fraction of sp³-hybridized carbons (Fsp3) is 0.429. The molecule has 0 atom stereocenters. The Morgan fingerprint density at radius 2 is 1.59 bits per heavy atom. The zero-order chi connectivity index (χ0) is 19.9. The summed E-state index contributed by atoms with van der Waals surface area (Å²) in [6, 6.07) is 11.2. The van der Waals surface area contributed by atoms with E-state index in [1.54, 1.807) is 14.2 Å². The van der Waals surface area contributed by atoms with Crippen LogP contribution >= 0.6 is 0 Å². The topological polar surface area (TPSA) is 61.6 Å². The molecule has 0 aliphatic carbocycles. The maximum absolute atomic E-state index is 5.85. The quantitative estimate of drug-likeness (QED) is 0.435. The summed E-state index contributed by atoms with van der Waals surface area (Å²) in [7, 11) is 3.22. The van der Waals surface area contributed by atoms with Crippen molar-refractivity contribution in [1.82, 2.24) is 0 Å². The van der Waals surface area contributed by atoms with Crippen molar-refractivity contribution < 1.29 is 18.9 Å². The van der Waals surface area contributed by atoms with Gasteiger partial charge in [0.1, 0.15) is 17.2 Å². The monoisotopic (exact) mass is 372 g/mol. The first-order valence-corrected chi connectivity index (χ1v) is 8.88. The molecule has 6 heteroatoms. The maximum Gasteiger partial charge on any atom is 0.188 e. The molecule has 0 amide bonds. The first kappa shape index (κ1) is 20.7. The van der Waals surface area contributed by atoms with Crippen molar-refractivity contribution in [2.45, 2.75) is 33.1 Å². The van der Waals surface area contributed by atoms with Gasteiger partial charge in [0.25, 0.3) is 0 Å². The zero-order valence-electron chi connectivity index (χ0n) is 16.9. The molecule has 0 fully saturated rings. The molecular formula is C21H28N2O4. The van der Waals surface area contributed by atoms with Gasteiger partial charge in [-0.3, -0.25) is 0 Å². The number of hydrogen-bond acceptors (Lipinski definition) is 6. The first-order chi connectivity index (χ1) is 12.9. The molecule has 2 rings (SSSR count). The van der Waals surface area contributed by atoms with Crippen molar-refractivity contribution in [2.75, 3.05) is 27.6 Å². The molecule has 0 spiro atoms. The lowest BCUT2D eigenvalue weighted by atomic mass is 9.85. The summed E-state index contributed by atoms with van der Waals surface area (Å²) in [6.45, 7) is 8.98. The predicted molar refractivity (Wildman–Crippen MR) is 106 cm³/mol. The lowest BCUT2D eigenvalue weighted by Crippen LogP contribution is -2.15. The number of ether oxygens (including phenoxy) is 4. The van der Waals surface area contributed by atoms with Crippen LogP contribution in [0.4, 0.5) is 11.4 Å². The summed E-state index contributed by atoms with van der Waals surface area (Å²) in [5.74, 6) is 2.15. The molecule has 0 saturated heterocycles. The van der Waals surface area contributed by atoms with E-state index >= 15 is 0 Å². The third kappa shape index (κ3) is 5.69. The second kappa shape index (κ2) is 9.37. The number of hydrogen-bond donors (Lipinski definition) is 0. The number of nitrogens with zero attached hydrogens (tertiary/aromatic N) is 2. The number of azo groups is 1. The summed E-state index contributed by atoms with van der Waals surface area (Å²) in [5.41, 5.74) is 2.13. The number of methoxy groups -OCH3 is 2. The van der Waals surface area contributed by atoms with E-state index in [4.69, 9.17) is 18.9 Å². The molecule has 2 aromatic rings. The van der Waals surface area contributed by atoms with Gasteiger partial charge < -0.3 is 18.9 Å². The van der Waals surface area contributed by atoms with E-state index in [1.807, 2.05) is 43.3 Å². The Morgan fingerprint density at radius 1 is 0.889 bits per heavy atom. The highest BCUT2D eigenvalue weighted by Crippen LogP contribution is 2.42.